The molecule has 1 aromatic carbocycles. The Bertz CT molecular complexity index is 331. The van der Waals surface area contributed by atoms with Crippen molar-refractivity contribution in [1.29, 1.82) is 0 Å². The number of hydrogen-bond acceptors (Lipinski definition) is 3. The van der Waals surface area contributed by atoms with Gasteiger partial charge in [0.2, 0.25) is 0 Å². The maximum atomic E-state index is 9.65. The van der Waals surface area contributed by atoms with Crippen molar-refractivity contribution in [1.82, 2.24) is 4.90 Å². The number of phenolic OH excluding ortho intramolecular Hbond substituents is 2. The fraction of sp³-hybridized carbons (Fsp3) is 0.500. The van der Waals surface area contributed by atoms with E-state index in [2.05, 4.69) is 11.8 Å². The van der Waals surface area contributed by atoms with Crippen LogP contribution in [0.3, 0.4) is 0 Å². The standard InChI is InChI=1S/C12H17NO2/c1-9-4-3-7-13(9)8-10-11(14)5-2-6-12(10)15/h2,5-6,9,14-15H,3-4,7-8H2,1H3. The molecule has 1 aliphatic rings. The number of hydrogen-bond donors (Lipinski definition) is 2. The molecule has 0 bridgehead atoms. The number of benzene rings is 1. The summed E-state index contributed by atoms with van der Waals surface area (Å²) in [5, 5.41) is 19.3. The Balaban J connectivity index is 2.16. The van der Waals surface area contributed by atoms with Gasteiger partial charge < -0.3 is 10.2 Å². The van der Waals surface area contributed by atoms with E-state index < -0.39 is 0 Å². The van der Waals surface area contributed by atoms with Crippen LogP contribution in [0.5, 0.6) is 11.5 Å². The first kappa shape index (κ1) is 10.3. The summed E-state index contributed by atoms with van der Waals surface area (Å²) in [7, 11) is 0. The lowest BCUT2D eigenvalue weighted by Gasteiger charge is -2.21. The average Bonchev–Trinajstić information content (AvgIpc) is 2.58. The third kappa shape index (κ3) is 2.07. The Morgan fingerprint density at radius 1 is 1.33 bits per heavy atom. The van der Waals surface area contributed by atoms with Gasteiger partial charge in [-0.1, -0.05) is 6.07 Å². The minimum absolute atomic E-state index is 0.189. The SMILES string of the molecule is CC1CCCN1Cc1c(O)cccc1O. The average molecular weight is 207 g/mol. The quantitative estimate of drug-likeness (QED) is 0.780. The summed E-state index contributed by atoms with van der Waals surface area (Å²) < 4.78 is 0. The van der Waals surface area contributed by atoms with Crippen molar-refractivity contribution >= 4 is 0 Å². The Hall–Kier alpha value is -1.22. The van der Waals surface area contributed by atoms with E-state index in [0.717, 1.165) is 6.54 Å². The van der Waals surface area contributed by atoms with Crippen molar-refractivity contribution in [3.63, 3.8) is 0 Å². The first-order chi connectivity index (χ1) is 7.18. The summed E-state index contributed by atoms with van der Waals surface area (Å²) in [6.07, 6.45) is 2.41. The fourth-order valence-electron chi connectivity index (χ4n) is 2.16. The first-order valence-electron chi connectivity index (χ1n) is 5.42. The maximum absolute atomic E-state index is 9.65. The van der Waals surface area contributed by atoms with Crippen LogP contribution < -0.4 is 0 Å². The highest BCUT2D eigenvalue weighted by atomic mass is 16.3. The Kier molecular flexibility index (Phi) is 2.82. The Labute approximate surface area is 90.0 Å². The highest BCUT2D eigenvalue weighted by Crippen LogP contribution is 2.30. The molecule has 0 aromatic heterocycles. The van der Waals surface area contributed by atoms with Crippen molar-refractivity contribution in [3.05, 3.63) is 23.8 Å². The summed E-state index contributed by atoms with van der Waals surface area (Å²) in [6, 6.07) is 5.44. The van der Waals surface area contributed by atoms with Crippen molar-refractivity contribution in [3.8, 4) is 11.5 Å². The molecule has 1 unspecified atom stereocenters. The van der Waals surface area contributed by atoms with E-state index in [9.17, 15) is 10.2 Å². The van der Waals surface area contributed by atoms with Gasteiger partial charge in [-0.05, 0) is 38.4 Å². The van der Waals surface area contributed by atoms with Gasteiger partial charge in [0, 0.05) is 18.2 Å². The van der Waals surface area contributed by atoms with E-state index in [-0.39, 0.29) is 11.5 Å². The predicted octanol–water partition coefficient (Wildman–Crippen LogP) is 2.08. The molecule has 0 spiro atoms. The van der Waals surface area contributed by atoms with Gasteiger partial charge >= 0.3 is 0 Å². The molecule has 0 amide bonds. The van der Waals surface area contributed by atoms with Crippen LogP contribution in [-0.2, 0) is 6.54 Å². The molecule has 0 radical (unpaired) electrons. The van der Waals surface area contributed by atoms with E-state index >= 15 is 0 Å². The lowest BCUT2D eigenvalue weighted by molar-refractivity contribution is 0.252. The third-order valence-electron chi connectivity index (χ3n) is 3.18. The minimum Gasteiger partial charge on any atom is -0.507 e. The molecule has 15 heavy (non-hydrogen) atoms. The predicted molar refractivity (Wildman–Crippen MR) is 58.9 cm³/mol. The number of likely N-dealkylation sites (tertiary alicyclic amines) is 1. The molecule has 3 heteroatoms. The van der Waals surface area contributed by atoms with E-state index in [0.29, 0.717) is 18.2 Å². The van der Waals surface area contributed by atoms with Crippen LogP contribution in [0.4, 0.5) is 0 Å². The van der Waals surface area contributed by atoms with E-state index in [1.54, 1.807) is 18.2 Å². The zero-order valence-corrected chi connectivity index (χ0v) is 8.98. The van der Waals surface area contributed by atoms with Gasteiger partial charge in [0.05, 0.1) is 0 Å². The van der Waals surface area contributed by atoms with Gasteiger partial charge in [-0.3, -0.25) is 4.90 Å². The fourth-order valence-corrected chi connectivity index (χ4v) is 2.16. The van der Waals surface area contributed by atoms with E-state index in [1.807, 2.05) is 0 Å². The van der Waals surface area contributed by atoms with Gasteiger partial charge in [-0.25, -0.2) is 0 Å². The zero-order chi connectivity index (χ0) is 10.8. The zero-order valence-electron chi connectivity index (χ0n) is 8.98. The van der Waals surface area contributed by atoms with Gasteiger partial charge in [-0.15, -0.1) is 0 Å². The van der Waals surface area contributed by atoms with Crippen molar-refractivity contribution in [2.24, 2.45) is 0 Å². The monoisotopic (exact) mass is 207 g/mol. The molecule has 3 nitrogen and oxygen atoms in total. The normalized spacial score (nSPS) is 22.1. The molecule has 1 saturated heterocycles. The van der Waals surface area contributed by atoms with Crippen molar-refractivity contribution < 1.29 is 10.2 Å². The third-order valence-corrected chi connectivity index (χ3v) is 3.18. The van der Waals surface area contributed by atoms with Crippen LogP contribution in [0, 0.1) is 0 Å². The molecule has 2 rings (SSSR count). The molecule has 0 aliphatic carbocycles. The number of aromatic hydroxyl groups is 2. The summed E-state index contributed by atoms with van der Waals surface area (Å²) in [6.45, 7) is 3.87. The molecule has 1 atom stereocenters. The lowest BCUT2D eigenvalue weighted by Crippen LogP contribution is -2.26. The first-order valence-corrected chi connectivity index (χ1v) is 5.42. The molecule has 82 valence electrons. The Morgan fingerprint density at radius 2 is 2.00 bits per heavy atom. The second-order valence-electron chi connectivity index (χ2n) is 4.24. The molecular formula is C12H17NO2. The van der Waals surface area contributed by atoms with Crippen LogP contribution in [0.1, 0.15) is 25.3 Å². The number of rotatable bonds is 2. The molecular weight excluding hydrogens is 190 g/mol. The number of phenols is 2. The summed E-state index contributed by atoms with van der Waals surface area (Å²) >= 11 is 0. The summed E-state index contributed by atoms with van der Waals surface area (Å²) in [5.74, 6) is 0.378. The molecule has 0 saturated carbocycles. The second-order valence-corrected chi connectivity index (χ2v) is 4.24. The van der Waals surface area contributed by atoms with Crippen LogP contribution in [0.2, 0.25) is 0 Å². The smallest absolute Gasteiger partial charge is 0.123 e. The molecule has 1 aliphatic heterocycles. The Morgan fingerprint density at radius 3 is 2.53 bits per heavy atom. The van der Waals surface area contributed by atoms with Crippen molar-refractivity contribution in [2.75, 3.05) is 6.54 Å². The summed E-state index contributed by atoms with van der Waals surface area (Å²) in [5.41, 5.74) is 0.645. The van der Waals surface area contributed by atoms with Crippen LogP contribution in [0.15, 0.2) is 18.2 Å². The van der Waals surface area contributed by atoms with Crippen LogP contribution in [0.25, 0.3) is 0 Å². The minimum atomic E-state index is 0.189. The van der Waals surface area contributed by atoms with Gasteiger partial charge in [0.25, 0.3) is 0 Å². The molecule has 2 N–H and O–H groups in total. The van der Waals surface area contributed by atoms with E-state index in [1.165, 1.54) is 12.8 Å². The molecule has 1 heterocycles. The largest absolute Gasteiger partial charge is 0.507 e. The molecule has 1 fully saturated rings. The lowest BCUT2D eigenvalue weighted by atomic mass is 10.1. The second kappa shape index (κ2) is 4.11. The van der Waals surface area contributed by atoms with Gasteiger partial charge in [-0.2, -0.15) is 0 Å². The van der Waals surface area contributed by atoms with Gasteiger partial charge in [0.15, 0.2) is 0 Å². The highest BCUT2D eigenvalue weighted by molar-refractivity contribution is 5.42. The highest BCUT2D eigenvalue weighted by Gasteiger charge is 2.22. The van der Waals surface area contributed by atoms with Crippen molar-refractivity contribution in [2.45, 2.75) is 32.4 Å². The van der Waals surface area contributed by atoms with Gasteiger partial charge in [0.1, 0.15) is 11.5 Å². The topological polar surface area (TPSA) is 43.7 Å². The number of nitrogens with zero attached hydrogens (tertiary/aromatic N) is 1. The van der Waals surface area contributed by atoms with Crippen LogP contribution >= 0.6 is 0 Å². The molecule has 1 aromatic rings. The summed E-state index contributed by atoms with van der Waals surface area (Å²) in [4.78, 5) is 2.29. The van der Waals surface area contributed by atoms with E-state index in [4.69, 9.17) is 0 Å². The maximum Gasteiger partial charge on any atom is 0.123 e. The van der Waals surface area contributed by atoms with Crippen LogP contribution in [-0.4, -0.2) is 27.7 Å².